The second-order valence-corrected chi connectivity index (χ2v) is 8.81. The Hall–Kier alpha value is -3.71. The van der Waals surface area contributed by atoms with E-state index < -0.39 is 0 Å². The quantitative estimate of drug-likeness (QED) is 0.297. The number of benzene rings is 3. The lowest BCUT2D eigenvalue weighted by molar-refractivity contribution is 0.306. The molecule has 3 aromatic carbocycles. The van der Waals surface area contributed by atoms with E-state index in [9.17, 15) is 0 Å². The smallest absolute Gasteiger partial charge is 0.206 e. The van der Waals surface area contributed by atoms with Gasteiger partial charge in [0.15, 0.2) is 0 Å². The van der Waals surface area contributed by atoms with E-state index in [0.717, 1.165) is 34.6 Å². The largest absolute Gasteiger partial charge is 0.489 e. The number of H-pyrrole nitrogens is 2. The molecule has 0 saturated heterocycles. The molecule has 0 fully saturated rings. The lowest BCUT2D eigenvalue weighted by atomic mass is 9.96. The first-order chi connectivity index (χ1) is 16.5. The SMILES string of the molecule is CCC(c1ccc(OCc2cccc(-c3nn[nH]n3)c2Cl)cc1)c1nc2c(C)cc(C)cc2[nH]1. The molecule has 2 aromatic heterocycles. The Kier molecular flexibility index (Phi) is 6.02. The van der Waals surface area contributed by atoms with Crippen LogP contribution in [-0.2, 0) is 6.61 Å². The minimum absolute atomic E-state index is 0.183. The number of aromatic amines is 2. The number of rotatable bonds is 7. The molecule has 0 bridgehead atoms. The predicted octanol–water partition coefficient (Wildman–Crippen LogP) is 6.13. The van der Waals surface area contributed by atoms with E-state index in [2.05, 4.69) is 70.6 Å². The maximum Gasteiger partial charge on any atom is 0.206 e. The van der Waals surface area contributed by atoms with Crippen molar-refractivity contribution in [3.05, 3.63) is 87.7 Å². The third-order valence-electron chi connectivity index (χ3n) is 6.02. The Labute approximate surface area is 202 Å². The number of hydrogen-bond acceptors (Lipinski definition) is 5. The first-order valence-corrected chi connectivity index (χ1v) is 11.6. The second kappa shape index (κ2) is 9.27. The zero-order valence-corrected chi connectivity index (χ0v) is 20.0. The molecule has 34 heavy (non-hydrogen) atoms. The number of aromatic nitrogens is 6. The summed E-state index contributed by atoms with van der Waals surface area (Å²) in [6.07, 6.45) is 0.941. The van der Waals surface area contributed by atoms with Crippen molar-refractivity contribution in [1.82, 2.24) is 30.6 Å². The second-order valence-electron chi connectivity index (χ2n) is 8.43. The van der Waals surface area contributed by atoms with Gasteiger partial charge in [0.25, 0.3) is 0 Å². The molecule has 2 heterocycles. The first kappa shape index (κ1) is 22.1. The molecular formula is C26H25ClN6O. The van der Waals surface area contributed by atoms with Crippen molar-refractivity contribution in [2.24, 2.45) is 0 Å². The molecular weight excluding hydrogens is 448 g/mol. The van der Waals surface area contributed by atoms with Gasteiger partial charge < -0.3 is 9.72 Å². The highest BCUT2D eigenvalue weighted by Crippen LogP contribution is 2.31. The van der Waals surface area contributed by atoms with Gasteiger partial charge >= 0.3 is 0 Å². The summed E-state index contributed by atoms with van der Waals surface area (Å²) >= 11 is 6.56. The van der Waals surface area contributed by atoms with Crippen molar-refractivity contribution in [3.63, 3.8) is 0 Å². The summed E-state index contributed by atoms with van der Waals surface area (Å²) in [5, 5.41) is 14.6. The molecule has 0 radical (unpaired) electrons. The topological polar surface area (TPSA) is 92.4 Å². The monoisotopic (exact) mass is 472 g/mol. The Morgan fingerprint density at radius 3 is 2.62 bits per heavy atom. The number of hydrogen-bond donors (Lipinski definition) is 2. The maximum atomic E-state index is 6.56. The Balaban J connectivity index is 1.33. The van der Waals surface area contributed by atoms with Crippen molar-refractivity contribution < 1.29 is 4.74 Å². The Morgan fingerprint density at radius 2 is 1.88 bits per heavy atom. The van der Waals surface area contributed by atoms with Gasteiger partial charge in [0.1, 0.15) is 18.2 Å². The molecule has 1 atom stereocenters. The van der Waals surface area contributed by atoms with Crippen molar-refractivity contribution >= 4 is 22.6 Å². The van der Waals surface area contributed by atoms with Crippen molar-refractivity contribution in [2.45, 2.75) is 39.7 Å². The van der Waals surface area contributed by atoms with Crippen LogP contribution in [0.25, 0.3) is 22.4 Å². The standard InChI is InChI=1S/C26H25ClN6O/c1-4-20(25-28-22-13-15(2)12-16(3)24(22)29-25)17-8-10-19(11-9-17)34-14-18-6-5-7-21(23(18)27)26-30-32-33-31-26/h5-13,20H,4,14H2,1-3H3,(H,28,29)(H,30,31,32,33). The summed E-state index contributed by atoms with van der Waals surface area (Å²) in [7, 11) is 0. The summed E-state index contributed by atoms with van der Waals surface area (Å²) in [6.45, 7) is 6.73. The molecule has 0 spiro atoms. The van der Waals surface area contributed by atoms with E-state index >= 15 is 0 Å². The molecule has 0 amide bonds. The summed E-state index contributed by atoms with van der Waals surface area (Å²) < 4.78 is 6.02. The zero-order chi connectivity index (χ0) is 23.7. The summed E-state index contributed by atoms with van der Waals surface area (Å²) in [6, 6.07) is 18.2. The average molecular weight is 473 g/mol. The predicted molar refractivity (Wildman–Crippen MR) is 133 cm³/mol. The van der Waals surface area contributed by atoms with E-state index in [1.54, 1.807) is 0 Å². The van der Waals surface area contributed by atoms with Gasteiger partial charge in [-0.25, -0.2) is 4.98 Å². The van der Waals surface area contributed by atoms with Gasteiger partial charge in [-0.2, -0.15) is 5.21 Å². The summed E-state index contributed by atoms with van der Waals surface area (Å²) in [5.41, 5.74) is 7.32. The van der Waals surface area contributed by atoms with Crippen LogP contribution < -0.4 is 4.74 Å². The molecule has 5 rings (SSSR count). The van der Waals surface area contributed by atoms with E-state index in [-0.39, 0.29) is 5.92 Å². The van der Waals surface area contributed by atoms with Crippen LogP contribution in [0, 0.1) is 13.8 Å². The molecule has 1 unspecified atom stereocenters. The minimum Gasteiger partial charge on any atom is -0.489 e. The minimum atomic E-state index is 0.183. The normalized spacial score (nSPS) is 12.2. The molecule has 0 aliphatic carbocycles. The lowest BCUT2D eigenvalue weighted by Gasteiger charge is -2.14. The molecule has 0 aliphatic heterocycles. The molecule has 2 N–H and O–H groups in total. The van der Waals surface area contributed by atoms with Crippen LogP contribution in [0.5, 0.6) is 5.75 Å². The van der Waals surface area contributed by atoms with Crippen LogP contribution in [0.1, 0.15) is 47.3 Å². The van der Waals surface area contributed by atoms with E-state index in [0.29, 0.717) is 23.0 Å². The highest BCUT2D eigenvalue weighted by Gasteiger charge is 2.18. The lowest BCUT2D eigenvalue weighted by Crippen LogP contribution is -2.02. The fourth-order valence-electron chi connectivity index (χ4n) is 4.34. The molecule has 0 aliphatic rings. The summed E-state index contributed by atoms with van der Waals surface area (Å²) in [5.74, 6) is 2.40. The molecule has 5 aromatic rings. The van der Waals surface area contributed by atoms with Crippen molar-refractivity contribution in [1.29, 1.82) is 0 Å². The fraction of sp³-hybridized carbons (Fsp3) is 0.231. The van der Waals surface area contributed by atoms with Crippen molar-refractivity contribution in [2.75, 3.05) is 0 Å². The van der Waals surface area contributed by atoms with Crippen molar-refractivity contribution in [3.8, 4) is 17.1 Å². The number of halogens is 1. The van der Waals surface area contributed by atoms with E-state index in [1.807, 2.05) is 30.3 Å². The number of ether oxygens (including phenoxy) is 1. The molecule has 0 saturated carbocycles. The fourth-order valence-corrected chi connectivity index (χ4v) is 4.60. The number of imidazole rings is 1. The summed E-state index contributed by atoms with van der Waals surface area (Å²) in [4.78, 5) is 8.46. The van der Waals surface area contributed by atoms with Gasteiger partial charge in [-0.3, -0.25) is 0 Å². The molecule has 8 heteroatoms. The van der Waals surface area contributed by atoms with E-state index in [4.69, 9.17) is 21.3 Å². The van der Waals surface area contributed by atoms with Crippen LogP contribution in [-0.4, -0.2) is 30.6 Å². The van der Waals surface area contributed by atoms with Crippen LogP contribution >= 0.6 is 11.6 Å². The number of tetrazole rings is 1. The van der Waals surface area contributed by atoms with Gasteiger partial charge in [-0.15, -0.1) is 10.2 Å². The van der Waals surface area contributed by atoms with Gasteiger partial charge in [-0.1, -0.05) is 48.9 Å². The van der Waals surface area contributed by atoms with Crippen LogP contribution in [0.4, 0.5) is 0 Å². The number of fused-ring (bicyclic) bond motifs is 1. The Morgan fingerprint density at radius 1 is 1.06 bits per heavy atom. The highest BCUT2D eigenvalue weighted by atomic mass is 35.5. The zero-order valence-electron chi connectivity index (χ0n) is 19.3. The third-order valence-corrected chi connectivity index (χ3v) is 6.47. The highest BCUT2D eigenvalue weighted by molar-refractivity contribution is 6.34. The first-order valence-electron chi connectivity index (χ1n) is 11.2. The van der Waals surface area contributed by atoms with Gasteiger partial charge in [0.2, 0.25) is 5.82 Å². The molecule has 172 valence electrons. The maximum absolute atomic E-state index is 6.56. The van der Waals surface area contributed by atoms with Gasteiger partial charge in [-0.05, 0) is 66.4 Å². The number of nitrogens with one attached hydrogen (secondary N) is 2. The van der Waals surface area contributed by atoms with Crippen LogP contribution in [0.2, 0.25) is 5.02 Å². The van der Waals surface area contributed by atoms with Crippen LogP contribution in [0.3, 0.4) is 0 Å². The van der Waals surface area contributed by atoms with Crippen LogP contribution in [0.15, 0.2) is 54.6 Å². The third kappa shape index (κ3) is 4.26. The number of nitrogens with zero attached hydrogens (tertiary/aromatic N) is 4. The van der Waals surface area contributed by atoms with E-state index in [1.165, 1.54) is 16.7 Å². The Bertz CT molecular complexity index is 1430. The van der Waals surface area contributed by atoms with Gasteiger partial charge in [0, 0.05) is 17.0 Å². The number of aryl methyl sites for hydroxylation is 2. The average Bonchev–Trinajstić information content (AvgIpc) is 3.50. The molecule has 7 nitrogen and oxygen atoms in total. The van der Waals surface area contributed by atoms with Gasteiger partial charge in [0.05, 0.1) is 16.1 Å².